The first-order valence-electron chi connectivity index (χ1n) is 27.3. The number of nitrogen functional groups attached to an aromatic ring is 3. The number of nitrogens with zero attached hydrogens (tertiary/aromatic N) is 11. The summed E-state index contributed by atoms with van der Waals surface area (Å²) >= 11 is 6.12. The van der Waals surface area contributed by atoms with E-state index in [1.54, 1.807) is 0 Å². The summed E-state index contributed by atoms with van der Waals surface area (Å²) in [5, 5.41) is 42.7. The third kappa shape index (κ3) is 21.0. The first-order chi connectivity index (χ1) is 49.7. The van der Waals surface area contributed by atoms with Gasteiger partial charge in [0.25, 0.3) is 70.8 Å². The van der Waals surface area contributed by atoms with Gasteiger partial charge in [0.15, 0.2) is 25.4 Å². The van der Waals surface area contributed by atoms with E-state index in [2.05, 4.69) is 74.9 Å². The normalized spacial score (nSPS) is 13.5. The number of aromatic nitrogens is 3. The molecule has 7 aromatic carbocycles. The zero-order valence-corrected chi connectivity index (χ0v) is 62.0. The van der Waals surface area contributed by atoms with Gasteiger partial charge in [-0.3, -0.25) is 41.0 Å². The predicted octanol–water partition coefficient (Wildman–Crippen LogP) is 5.19. The third-order valence-electron chi connectivity index (χ3n) is 13.4. The Labute approximate surface area is 616 Å². The highest BCUT2D eigenvalue weighted by molar-refractivity contribution is 7.92. The number of aromatic hydroxyl groups is 1. The van der Waals surface area contributed by atoms with Crippen LogP contribution in [0.25, 0.3) is 10.8 Å². The van der Waals surface area contributed by atoms with Crippen molar-refractivity contribution < 1.29 is 147 Å². The van der Waals surface area contributed by atoms with Crippen molar-refractivity contribution in [3.63, 3.8) is 0 Å². The number of azo groups is 4. The Morgan fingerprint density at radius 3 is 1.23 bits per heavy atom. The summed E-state index contributed by atoms with van der Waals surface area (Å²) in [6.45, 7) is -2.15. The van der Waals surface area contributed by atoms with Crippen LogP contribution in [0.3, 0.4) is 0 Å². The van der Waals surface area contributed by atoms with Crippen LogP contribution in [-0.2, 0) is 120 Å². The Morgan fingerprint density at radius 1 is 0.358 bits per heavy atom. The number of anilines is 7. The first-order valence-corrected chi connectivity index (χ1v) is 43.8. The molecule has 0 fully saturated rings. The number of rotatable bonds is 29. The van der Waals surface area contributed by atoms with E-state index in [0.717, 1.165) is 24.3 Å². The zero-order chi connectivity index (χ0) is 81.7. The molecule has 0 aliphatic rings. The maximum absolute atomic E-state index is 13.0. The van der Waals surface area contributed by atoms with Crippen LogP contribution >= 0.6 is 11.6 Å². The molecule has 586 valence electrons. The standard InChI is InChI=1S/C47H41ClN16O34S11/c48-45-54-46(52-21-1-4-23(5-2-21)99(66,67)11-9-97-108(91,92)93)56-47(55-45)53-22-3-8-30(101(70,71)72)26(15-22)58-62-41-35(106(85,86)87)13-20-14-36(107(88,89)90)42(44(65)37(20)40(41)51)63-59-27-17-28(33(104(79,80)81)19-32(27)103(76,77)78)60-64-43-38(49)29(18-34(39(43)50)105(82,83)84)61-57-25-7-6-24(16-31(25)102(73,74)75)100(68,69)12-10-98-109(94,95)96/h1-8,13-19,65H,9-12,49-51H2,(H,70,71,72)(H,73,74,75)(H,76,77,78)(H,79,80,81)(H,82,83,84)(H,85,86,87)(H,88,89,90)(H,91,92,93)(H,94,95,96)(H2,52,53,54,55,56). The van der Waals surface area contributed by atoms with Crippen molar-refractivity contribution >= 4 is 220 Å². The van der Waals surface area contributed by atoms with Gasteiger partial charge < -0.3 is 32.9 Å². The zero-order valence-electron chi connectivity index (χ0n) is 52.3. The Balaban J connectivity index is 1.21. The number of fused-ring (bicyclic) bond motifs is 1. The molecule has 18 N–H and O–H groups in total. The van der Waals surface area contributed by atoms with Crippen LogP contribution in [0.1, 0.15) is 0 Å². The van der Waals surface area contributed by atoms with E-state index in [9.17, 15) is 130 Å². The number of nitrogens with two attached hydrogens (primary N) is 3. The van der Waals surface area contributed by atoms with Crippen molar-refractivity contribution in [2.24, 2.45) is 40.9 Å². The molecular weight excluding hydrogens is 1720 g/mol. The lowest BCUT2D eigenvalue weighted by atomic mass is 10.1. The molecular formula is C47H41ClN16O34S11. The largest absolute Gasteiger partial charge is 0.505 e. The van der Waals surface area contributed by atoms with E-state index in [-0.39, 0.29) is 46.5 Å². The monoisotopic (exact) mass is 1760 g/mol. The minimum Gasteiger partial charge on any atom is -0.505 e. The van der Waals surface area contributed by atoms with Crippen LogP contribution in [0, 0.1) is 0 Å². The molecule has 8 rings (SSSR count). The molecule has 0 unspecified atom stereocenters. The van der Waals surface area contributed by atoms with E-state index in [0.29, 0.717) is 30.3 Å². The summed E-state index contributed by atoms with van der Waals surface area (Å²) in [7, 11) is -59.1. The number of hydrogen-bond acceptors (Lipinski definition) is 41. The SMILES string of the molecule is Nc1c(N=Nc2ccc(S(=O)(=O)CCOS(=O)(=O)O)cc2S(=O)(=O)O)cc(S(=O)(=O)O)c(N)c1N=Nc1cc(N=Nc2c(S(=O)(=O)O)cc3cc(S(=O)(=O)O)c(N=Nc4cc(Nc5nc(Cl)nc(Nc6ccc(S(=O)(=O)CCOS(=O)(=O)O)cc6)n5)ccc4S(=O)(=O)O)c(N)c3c2O)c(S(=O)(=O)O)cc1S(=O)(=O)O. The number of benzene rings is 7. The van der Waals surface area contributed by atoms with Gasteiger partial charge >= 0.3 is 20.8 Å². The van der Waals surface area contributed by atoms with Crippen LogP contribution in [0.5, 0.6) is 5.75 Å². The molecule has 1 heterocycles. The molecule has 0 spiro atoms. The van der Waals surface area contributed by atoms with Crippen LogP contribution in [0.2, 0.25) is 5.28 Å². The topological polar surface area (TPSA) is 836 Å². The van der Waals surface area contributed by atoms with Gasteiger partial charge in [0, 0.05) is 11.4 Å². The molecule has 0 bridgehead atoms. The molecule has 0 atom stereocenters. The second-order valence-electron chi connectivity index (χ2n) is 20.8. The van der Waals surface area contributed by atoms with Gasteiger partial charge in [0.2, 0.25) is 17.2 Å². The van der Waals surface area contributed by atoms with Gasteiger partial charge in [0.1, 0.15) is 79.8 Å². The molecule has 109 heavy (non-hydrogen) atoms. The number of sulfone groups is 2. The average molecular weight is 1760 g/mol. The Kier molecular flexibility index (Phi) is 23.9. The van der Waals surface area contributed by atoms with Crippen LogP contribution in [0.4, 0.5) is 85.8 Å². The molecule has 0 aliphatic carbocycles. The van der Waals surface area contributed by atoms with Crippen LogP contribution < -0.4 is 27.8 Å². The molecule has 62 heteroatoms. The maximum Gasteiger partial charge on any atom is 0.397 e. The highest BCUT2D eigenvalue weighted by Crippen LogP contribution is 2.50. The molecule has 0 saturated heterocycles. The highest BCUT2D eigenvalue weighted by Gasteiger charge is 2.32. The van der Waals surface area contributed by atoms with E-state index >= 15 is 0 Å². The fourth-order valence-electron chi connectivity index (χ4n) is 8.77. The van der Waals surface area contributed by atoms with Gasteiger partial charge in [-0.05, 0) is 108 Å². The minimum atomic E-state index is -5.94. The lowest BCUT2D eigenvalue weighted by molar-refractivity contribution is 0.282. The van der Waals surface area contributed by atoms with E-state index in [1.165, 1.54) is 12.1 Å². The summed E-state index contributed by atoms with van der Waals surface area (Å²) in [5.41, 5.74) is 4.67. The summed E-state index contributed by atoms with van der Waals surface area (Å²) < 4.78 is 371. The smallest absolute Gasteiger partial charge is 0.397 e. The van der Waals surface area contributed by atoms with Crippen molar-refractivity contribution in [3.8, 4) is 5.75 Å². The van der Waals surface area contributed by atoms with Crippen molar-refractivity contribution in [2.75, 3.05) is 52.6 Å². The third-order valence-corrected chi connectivity index (χ3v) is 24.1. The van der Waals surface area contributed by atoms with Crippen molar-refractivity contribution in [2.45, 2.75) is 44.1 Å². The number of halogens is 1. The molecule has 0 saturated carbocycles. The molecule has 50 nitrogen and oxygen atoms in total. The lowest BCUT2D eigenvalue weighted by Gasteiger charge is -2.14. The van der Waals surface area contributed by atoms with Crippen molar-refractivity contribution in [1.82, 2.24) is 15.0 Å². The number of hydrogen-bond donors (Lipinski definition) is 15. The summed E-state index contributed by atoms with van der Waals surface area (Å²) in [6.07, 6.45) is 0. The highest BCUT2D eigenvalue weighted by atomic mass is 35.5. The number of nitrogens with one attached hydrogen (secondary N) is 2. The molecule has 0 aliphatic heterocycles. The van der Waals surface area contributed by atoms with Gasteiger partial charge in [-0.15, -0.1) is 40.9 Å². The molecule has 0 radical (unpaired) electrons. The van der Waals surface area contributed by atoms with Crippen LogP contribution in [-0.4, -0.2) is 178 Å². The molecule has 1 aromatic heterocycles. The van der Waals surface area contributed by atoms with E-state index < -0.39 is 265 Å². The van der Waals surface area contributed by atoms with E-state index in [4.69, 9.17) is 37.9 Å². The fraction of sp³-hybridized carbons (Fsp3) is 0.0851. The maximum atomic E-state index is 13.0. The van der Waals surface area contributed by atoms with Gasteiger partial charge in [-0.2, -0.15) is 90.7 Å². The fourth-order valence-corrected chi connectivity index (χ4v) is 16.6. The quantitative estimate of drug-likeness (QED) is 0.0163. The summed E-state index contributed by atoms with van der Waals surface area (Å²) in [4.78, 5) is 0.00310. The van der Waals surface area contributed by atoms with Crippen molar-refractivity contribution in [3.05, 3.63) is 96.3 Å². The second kappa shape index (κ2) is 30.6. The molecule has 0 amide bonds. The minimum absolute atomic E-state index is 0.0915. The Bertz CT molecular complexity index is 6670. The first kappa shape index (κ1) is 84.9. The number of phenolic OH excluding ortho intramolecular Hbond substituents is 1. The van der Waals surface area contributed by atoms with Crippen molar-refractivity contribution in [1.29, 1.82) is 0 Å². The summed E-state index contributed by atoms with van der Waals surface area (Å²) in [5.74, 6) is -4.61. The second-order valence-corrected chi connectivity index (χ2v) is 37.2. The average Bonchev–Trinajstić information content (AvgIpc) is 0.745. The molecule has 8 aromatic rings. The Hall–Kier alpha value is -9.69. The van der Waals surface area contributed by atoms with Gasteiger partial charge in [-0.1, -0.05) is 0 Å². The van der Waals surface area contributed by atoms with Crippen LogP contribution in [0.15, 0.2) is 176 Å². The Morgan fingerprint density at radius 2 is 0.752 bits per heavy atom. The lowest BCUT2D eigenvalue weighted by Crippen LogP contribution is -2.16. The van der Waals surface area contributed by atoms with Gasteiger partial charge in [-0.25, -0.2) is 25.2 Å². The van der Waals surface area contributed by atoms with Gasteiger partial charge in [0.05, 0.1) is 57.0 Å². The summed E-state index contributed by atoms with van der Waals surface area (Å²) in [6, 6.07) is 9.12. The predicted molar refractivity (Wildman–Crippen MR) is 367 cm³/mol. The number of phenols is 1. The van der Waals surface area contributed by atoms with E-state index in [1.807, 2.05) is 0 Å².